The molecule has 0 spiro atoms. The van der Waals surface area contributed by atoms with Crippen molar-refractivity contribution in [3.63, 3.8) is 0 Å². The van der Waals surface area contributed by atoms with E-state index in [1.807, 2.05) is 31.7 Å². The average molecular weight is 202 g/mol. The number of hydrogen-bond donors (Lipinski definition) is 1. The molecule has 0 fully saturated rings. The number of rotatable bonds is 4. The molecule has 0 aliphatic heterocycles. The van der Waals surface area contributed by atoms with Crippen LogP contribution in [0.2, 0.25) is 0 Å². The summed E-state index contributed by atoms with van der Waals surface area (Å²) in [5.41, 5.74) is 2.28. The van der Waals surface area contributed by atoms with E-state index in [-0.39, 0.29) is 0 Å². The number of likely N-dealkylation sites (N-methyl/N-ethyl adjacent to an activating group) is 1. The van der Waals surface area contributed by atoms with Gasteiger partial charge in [0.15, 0.2) is 0 Å². The summed E-state index contributed by atoms with van der Waals surface area (Å²) in [7, 11) is 1.95. The molecule has 2 aromatic heterocycles. The molecule has 1 N–H and O–H groups in total. The molecule has 0 saturated heterocycles. The fourth-order valence-corrected chi connectivity index (χ4v) is 1.49. The Morgan fingerprint density at radius 3 is 2.80 bits per heavy atom. The van der Waals surface area contributed by atoms with Crippen LogP contribution in [0.4, 0.5) is 0 Å². The van der Waals surface area contributed by atoms with Gasteiger partial charge in [-0.25, -0.2) is 4.98 Å². The van der Waals surface area contributed by atoms with E-state index in [0.717, 1.165) is 24.3 Å². The highest BCUT2D eigenvalue weighted by molar-refractivity contribution is 5.57. The fraction of sp³-hybridized carbons (Fsp3) is 0.273. The van der Waals surface area contributed by atoms with Crippen molar-refractivity contribution in [2.45, 2.75) is 6.54 Å². The summed E-state index contributed by atoms with van der Waals surface area (Å²) >= 11 is 0. The third-order valence-electron chi connectivity index (χ3n) is 2.29. The minimum absolute atomic E-state index is 0.925. The zero-order chi connectivity index (χ0) is 10.5. The lowest BCUT2D eigenvalue weighted by Crippen LogP contribution is -2.14. The maximum atomic E-state index is 4.17. The van der Waals surface area contributed by atoms with Gasteiger partial charge in [0.1, 0.15) is 0 Å². The lowest BCUT2D eigenvalue weighted by atomic mass is 10.2. The molecule has 0 saturated carbocycles. The third kappa shape index (κ3) is 2.22. The number of nitrogens with zero attached hydrogens (tertiary/aromatic N) is 3. The summed E-state index contributed by atoms with van der Waals surface area (Å²) in [5, 5.41) is 3.12. The minimum Gasteiger partial charge on any atom is -0.329 e. The van der Waals surface area contributed by atoms with Gasteiger partial charge in [-0.2, -0.15) is 0 Å². The highest BCUT2D eigenvalue weighted by atomic mass is 15.1. The van der Waals surface area contributed by atoms with Crippen LogP contribution in [0.5, 0.6) is 0 Å². The second-order valence-electron chi connectivity index (χ2n) is 3.31. The summed E-state index contributed by atoms with van der Waals surface area (Å²) in [5.74, 6) is 0. The quantitative estimate of drug-likeness (QED) is 0.809. The van der Waals surface area contributed by atoms with Gasteiger partial charge < -0.3 is 9.88 Å². The average Bonchev–Trinajstić information content (AvgIpc) is 2.75. The predicted molar refractivity (Wildman–Crippen MR) is 59.4 cm³/mol. The van der Waals surface area contributed by atoms with Crippen LogP contribution in [0.1, 0.15) is 0 Å². The SMILES string of the molecule is CNCCn1cncc1-c1ccncc1. The van der Waals surface area contributed by atoms with Crippen LogP contribution in [-0.2, 0) is 6.54 Å². The molecule has 15 heavy (non-hydrogen) atoms. The van der Waals surface area contributed by atoms with Crippen molar-refractivity contribution in [3.8, 4) is 11.3 Å². The van der Waals surface area contributed by atoms with Crippen LogP contribution in [0.15, 0.2) is 37.1 Å². The largest absolute Gasteiger partial charge is 0.329 e. The Balaban J connectivity index is 2.25. The van der Waals surface area contributed by atoms with Crippen LogP contribution < -0.4 is 5.32 Å². The number of hydrogen-bond acceptors (Lipinski definition) is 3. The molecule has 2 rings (SSSR count). The molecule has 0 aromatic carbocycles. The minimum atomic E-state index is 0.925. The van der Waals surface area contributed by atoms with Gasteiger partial charge in [0.2, 0.25) is 0 Å². The second kappa shape index (κ2) is 4.70. The molecular weight excluding hydrogens is 188 g/mol. The van der Waals surface area contributed by atoms with Gasteiger partial charge in [-0.15, -0.1) is 0 Å². The van der Waals surface area contributed by atoms with Crippen molar-refractivity contribution in [1.29, 1.82) is 0 Å². The van der Waals surface area contributed by atoms with Gasteiger partial charge in [0, 0.05) is 31.0 Å². The summed E-state index contributed by atoms with van der Waals surface area (Å²) < 4.78 is 2.13. The highest BCUT2D eigenvalue weighted by Gasteiger charge is 2.03. The summed E-state index contributed by atoms with van der Waals surface area (Å²) in [6.45, 7) is 1.86. The number of imidazole rings is 1. The molecular formula is C11H14N4. The first-order valence-corrected chi connectivity index (χ1v) is 4.97. The van der Waals surface area contributed by atoms with E-state index in [1.54, 1.807) is 12.4 Å². The molecule has 0 unspecified atom stereocenters. The van der Waals surface area contributed by atoms with Crippen molar-refractivity contribution >= 4 is 0 Å². The van der Waals surface area contributed by atoms with Gasteiger partial charge in [-0.1, -0.05) is 0 Å². The van der Waals surface area contributed by atoms with E-state index in [1.165, 1.54) is 0 Å². The maximum Gasteiger partial charge on any atom is 0.0951 e. The summed E-state index contributed by atoms with van der Waals surface area (Å²) in [6, 6.07) is 3.99. The van der Waals surface area contributed by atoms with Crippen molar-refractivity contribution in [1.82, 2.24) is 19.9 Å². The van der Waals surface area contributed by atoms with E-state index in [9.17, 15) is 0 Å². The monoisotopic (exact) mass is 202 g/mol. The van der Waals surface area contributed by atoms with Crippen LogP contribution >= 0.6 is 0 Å². The van der Waals surface area contributed by atoms with Crippen LogP contribution in [0, 0.1) is 0 Å². The zero-order valence-electron chi connectivity index (χ0n) is 8.72. The Kier molecular flexibility index (Phi) is 3.09. The van der Waals surface area contributed by atoms with Crippen molar-refractivity contribution < 1.29 is 0 Å². The molecule has 4 heteroatoms. The first-order chi connectivity index (χ1) is 7.42. The molecule has 0 atom stereocenters. The first-order valence-electron chi connectivity index (χ1n) is 4.97. The predicted octanol–water partition coefficient (Wildman–Crippen LogP) is 1.16. The fourth-order valence-electron chi connectivity index (χ4n) is 1.49. The van der Waals surface area contributed by atoms with E-state index in [2.05, 4.69) is 19.9 Å². The van der Waals surface area contributed by atoms with Gasteiger partial charge in [0.25, 0.3) is 0 Å². The summed E-state index contributed by atoms with van der Waals surface area (Å²) in [4.78, 5) is 8.17. The van der Waals surface area contributed by atoms with Gasteiger partial charge >= 0.3 is 0 Å². The topological polar surface area (TPSA) is 42.7 Å². The van der Waals surface area contributed by atoms with Crippen LogP contribution in [0.25, 0.3) is 11.3 Å². The Labute approximate surface area is 89.0 Å². The smallest absolute Gasteiger partial charge is 0.0951 e. The molecule has 4 nitrogen and oxygen atoms in total. The molecule has 0 radical (unpaired) electrons. The Morgan fingerprint density at radius 2 is 2.07 bits per heavy atom. The zero-order valence-corrected chi connectivity index (χ0v) is 8.72. The van der Waals surface area contributed by atoms with Crippen molar-refractivity contribution in [3.05, 3.63) is 37.1 Å². The lowest BCUT2D eigenvalue weighted by Gasteiger charge is -2.07. The molecule has 78 valence electrons. The third-order valence-corrected chi connectivity index (χ3v) is 2.29. The van der Waals surface area contributed by atoms with E-state index in [0.29, 0.717) is 0 Å². The Bertz CT molecular complexity index is 408. The molecule has 2 aromatic rings. The highest BCUT2D eigenvalue weighted by Crippen LogP contribution is 2.16. The molecule has 0 bridgehead atoms. The van der Waals surface area contributed by atoms with Crippen molar-refractivity contribution in [2.75, 3.05) is 13.6 Å². The molecule has 0 aliphatic rings. The second-order valence-corrected chi connectivity index (χ2v) is 3.31. The maximum absolute atomic E-state index is 4.17. The Hall–Kier alpha value is -1.68. The van der Waals surface area contributed by atoms with E-state index in [4.69, 9.17) is 0 Å². The number of nitrogens with one attached hydrogen (secondary N) is 1. The Morgan fingerprint density at radius 1 is 1.27 bits per heavy atom. The number of aromatic nitrogens is 3. The van der Waals surface area contributed by atoms with E-state index >= 15 is 0 Å². The molecule has 0 amide bonds. The molecule has 0 aliphatic carbocycles. The molecule has 2 heterocycles. The lowest BCUT2D eigenvalue weighted by molar-refractivity contribution is 0.648. The van der Waals surface area contributed by atoms with Gasteiger partial charge in [0.05, 0.1) is 18.2 Å². The van der Waals surface area contributed by atoms with Crippen molar-refractivity contribution in [2.24, 2.45) is 0 Å². The normalized spacial score (nSPS) is 10.5. The first kappa shape index (κ1) is 9.86. The van der Waals surface area contributed by atoms with E-state index < -0.39 is 0 Å². The summed E-state index contributed by atoms with van der Waals surface area (Å²) in [6.07, 6.45) is 7.33. The number of pyridine rings is 1. The van der Waals surface area contributed by atoms with Crippen LogP contribution in [0.3, 0.4) is 0 Å². The van der Waals surface area contributed by atoms with Gasteiger partial charge in [-0.3, -0.25) is 4.98 Å². The van der Waals surface area contributed by atoms with Crippen LogP contribution in [-0.4, -0.2) is 28.1 Å². The van der Waals surface area contributed by atoms with Gasteiger partial charge in [-0.05, 0) is 19.2 Å². The standard InChI is InChI=1S/C11H14N4/c1-12-6-7-15-9-14-8-11(15)10-2-4-13-5-3-10/h2-5,8-9,12H,6-7H2,1H3.